The average molecular weight is 549 g/mol. The summed E-state index contributed by atoms with van der Waals surface area (Å²) in [5, 5.41) is 22.3. The maximum atomic E-state index is 14.6. The van der Waals surface area contributed by atoms with Crippen molar-refractivity contribution >= 4 is 35.0 Å². The van der Waals surface area contributed by atoms with Crippen molar-refractivity contribution in [3.8, 4) is 0 Å². The van der Waals surface area contributed by atoms with Crippen LogP contribution in [-0.4, -0.2) is 63.0 Å². The Labute approximate surface area is 221 Å². The first-order chi connectivity index (χ1) is 17.9. The number of aliphatic imine (C=N–C) groups is 1. The smallest absolute Gasteiger partial charge is 0.413 e. The molecule has 202 valence electrons. The highest BCUT2D eigenvalue weighted by atomic mass is 32.2. The summed E-state index contributed by atoms with van der Waals surface area (Å²) in [4.78, 5) is 41.1. The van der Waals surface area contributed by atoms with E-state index in [-0.39, 0.29) is 27.4 Å². The summed E-state index contributed by atoms with van der Waals surface area (Å²) in [7, 11) is 0. The number of amidine groups is 1. The SMILES string of the molecule is CC(C)(C)OC(=O)NC1=N[C@@H]2[C@@H](c3ccccc3C(=O)O)[C@@H](c3ccccc3C(=O)O)[C@@H](C(F)F)O[C@@H]2S1. The number of rotatable bonds is 5. The molecule has 0 unspecified atom stereocenters. The van der Waals surface area contributed by atoms with E-state index in [2.05, 4.69) is 10.3 Å². The van der Waals surface area contributed by atoms with Crippen LogP contribution in [0.5, 0.6) is 0 Å². The molecule has 12 heteroatoms. The number of carbonyl (C=O) groups is 3. The number of carboxylic acids is 2. The predicted molar refractivity (Wildman–Crippen MR) is 135 cm³/mol. The average Bonchev–Trinajstić information content (AvgIpc) is 3.23. The van der Waals surface area contributed by atoms with E-state index < -0.39 is 59.5 Å². The minimum atomic E-state index is -3.04. The number of amides is 1. The van der Waals surface area contributed by atoms with Gasteiger partial charge in [-0.15, -0.1) is 0 Å². The van der Waals surface area contributed by atoms with E-state index >= 15 is 0 Å². The zero-order valence-electron chi connectivity index (χ0n) is 20.6. The molecule has 3 N–H and O–H groups in total. The molecular formula is C26H26F2N2O7S. The highest BCUT2D eigenvalue weighted by Gasteiger charge is 2.54. The number of ether oxygens (including phenoxy) is 2. The minimum Gasteiger partial charge on any atom is -0.478 e. The number of hydrogen-bond acceptors (Lipinski definition) is 7. The molecule has 2 aromatic carbocycles. The Kier molecular flexibility index (Phi) is 7.75. The van der Waals surface area contributed by atoms with Crippen molar-refractivity contribution < 1.29 is 42.9 Å². The van der Waals surface area contributed by atoms with Crippen LogP contribution in [0.15, 0.2) is 53.5 Å². The summed E-state index contributed by atoms with van der Waals surface area (Å²) in [6, 6.07) is 10.8. The topological polar surface area (TPSA) is 135 Å². The molecule has 9 nitrogen and oxygen atoms in total. The van der Waals surface area contributed by atoms with Gasteiger partial charge in [0, 0.05) is 11.8 Å². The Morgan fingerprint density at radius 2 is 1.50 bits per heavy atom. The van der Waals surface area contributed by atoms with Crippen molar-refractivity contribution in [1.82, 2.24) is 5.32 Å². The second kappa shape index (κ2) is 10.7. The number of carbonyl (C=O) groups excluding carboxylic acids is 1. The van der Waals surface area contributed by atoms with Crippen LogP contribution >= 0.6 is 11.8 Å². The van der Waals surface area contributed by atoms with Gasteiger partial charge in [-0.3, -0.25) is 10.3 Å². The van der Waals surface area contributed by atoms with E-state index in [1.165, 1.54) is 42.5 Å². The number of nitrogens with one attached hydrogen (secondary N) is 1. The highest BCUT2D eigenvalue weighted by molar-refractivity contribution is 8.14. The summed E-state index contributed by atoms with van der Waals surface area (Å²) in [5.74, 6) is -4.89. The van der Waals surface area contributed by atoms with E-state index in [0.29, 0.717) is 0 Å². The van der Waals surface area contributed by atoms with Gasteiger partial charge in [-0.1, -0.05) is 48.2 Å². The number of aromatic carboxylic acids is 2. The largest absolute Gasteiger partial charge is 0.478 e. The van der Waals surface area contributed by atoms with Crippen LogP contribution in [0, 0.1) is 0 Å². The summed E-state index contributed by atoms with van der Waals surface area (Å²) < 4.78 is 40.2. The molecular weight excluding hydrogens is 522 g/mol. The third kappa shape index (κ3) is 5.65. The zero-order valence-corrected chi connectivity index (χ0v) is 21.4. The number of hydrogen-bond donors (Lipinski definition) is 3. The number of nitrogens with zero attached hydrogens (tertiary/aromatic N) is 1. The number of carboxylic acid groups (broad SMARTS) is 2. The zero-order chi connectivity index (χ0) is 27.8. The van der Waals surface area contributed by atoms with Gasteiger partial charge >= 0.3 is 18.0 Å². The molecule has 2 heterocycles. The molecule has 5 atom stereocenters. The van der Waals surface area contributed by atoms with E-state index in [1.807, 2.05) is 0 Å². The Balaban J connectivity index is 1.87. The molecule has 0 spiro atoms. The second-order valence-corrected chi connectivity index (χ2v) is 10.9. The van der Waals surface area contributed by atoms with Crippen LogP contribution in [0.1, 0.15) is 64.4 Å². The molecule has 38 heavy (non-hydrogen) atoms. The first kappa shape index (κ1) is 27.5. The number of thioether (sulfide) groups is 1. The molecule has 2 aliphatic rings. The first-order valence-electron chi connectivity index (χ1n) is 11.7. The van der Waals surface area contributed by atoms with Gasteiger partial charge < -0.3 is 19.7 Å². The van der Waals surface area contributed by atoms with Crippen LogP contribution in [-0.2, 0) is 9.47 Å². The molecule has 2 aromatic rings. The van der Waals surface area contributed by atoms with Crippen molar-refractivity contribution in [3.63, 3.8) is 0 Å². The third-order valence-corrected chi connectivity index (χ3v) is 7.18. The molecule has 1 saturated heterocycles. The predicted octanol–water partition coefficient (Wildman–Crippen LogP) is 4.94. The molecule has 2 aliphatic heterocycles. The van der Waals surface area contributed by atoms with Crippen LogP contribution in [0.2, 0.25) is 0 Å². The maximum absolute atomic E-state index is 14.6. The first-order valence-corrected chi connectivity index (χ1v) is 12.6. The Morgan fingerprint density at radius 1 is 0.974 bits per heavy atom. The fourth-order valence-corrected chi connectivity index (χ4v) is 5.90. The number of halogens is 2. The Bertz CT molecular complexity index is 1280. The molecule has 1 fully saturated rings. The lowest BCUT2D eigenvalue weighted by Gasteiger charge is -2.44. The van der Waals surface area contributed by atoms with Crippen molar-refractivity contribution in [2.45, 2.75) is 62.2 Å². The van der Waals surface area contributed by atoms with Crippen LogP contribution in [0.4, 0.5) is 13.6 Å². The Morgan fingerprint density at radius 3 is 2.00 bits per heavy atom. The fraction of sp³-hybridized carbons (Fsp3) is 0.385. The van der Waals surface area contributed by atoms with Gasteiger partial charge in [0.05, 0.1) is 17.2 Å². The summed E-state index contributed by atoms with van der Waals surface area (Å²) >= 11 is 0.909. The lowest BCUT2D eigenvalue weighted by atomic mass is 9.70. The number of benzene rings is 2. The van der Waals surface area contributed by atoms with E-state index in [0.717, 1.165) is 11.8 Å². The van der Waals surface area contributed by atoms with Crippen LogP contribution in [0.3, 0.4) is 0 Å². The van der Waals surface area contributed by atoms with Crippen molar-refractivity contribution in [2.75, 3.05) is 0 Å². The molecule has 0 aromatic heterocycles. The molecule has 0 radical (unpaired) electrons. The lowest BCUT2D eigenvalue weighted by Crippen LogP contribution is -2.48. The number of alkyl halides is 2. The number of alkyl carbamates (subject to hydrolysis) is 1. The standard InChI is InChI=1S/C26H26F2N2O7S/c1-26(2,3)37-25(35)30-24-29-18-16(12-8-4-6-10-14(12)21(31)32)17(19(20(27)28)36-23(18)38-24)13-9-5-7-11-15(13)22(33)34/h4-11,16-20,23H,1-3H3,(H,31,32)(H,33,34)(H,29,30,35)/t16-,17+,18+,19-,23+/m0/s1. The lowest BCUT2D eigenvalue weighted by molar-refractivity contribution is -0.113. The van der Waals surface area contributed by atoms with Crippen LogP contribution in [0.25, 0.3) is 0 Å². The van der Waals surface area contributed by atoms with E-state index in [1.54, 1.807) is 26.8 Å². The van der Waals surface area contributed by atoms with Gasteiger partial charge in [-0.2, -0.15) is 0 Å². The third-order valence-electron chi connectivity index (χ3n) is 6.13. The van der Waals surface area contributed by atoms with Crippen LogP contribution < -0.4 is 5.32 Å². The molecule has 1 amide bonds. The number of fused-ring (bicyclic) bond motifs is 1. The van der Waals surface area contributed by atoms with E-state index in [4.69, 9.17) is 9.47 Å². The monoisotopic (exact) mass is 548 g/mol. The van der Waals surface area contributed by atoms with Gasteiger partial charge in [-0.05, 0) is 44.0 Å². The molecule has 4 rings (SSSR count). The van der Waals surface area contributed by atoms with Gasteiger partial charge in [0.15, 0.2) is 5.17 Å². The summed E-state index contributed by atoms with van der Waals surface area (Å²) in [6.07, 6.45) is -5.62. The van der Waals surface area contributed by atoms with Gasteiger partial charge in [0.2, 0.25) is 0 Å². The Hall–Kier alpha value is -3.51. The quantitative estimate of drug-likeness (QED) is 0.479. The molecule has 0 saturated carbocycles. The molecule has 0 aliphatic carbocycles. The summed E-state index contributed by atoms with van der Waals surface area (Å²) in [5.41, 5.74) is -1.85. The van der Waals surface area contributed by atoms with Crippen molar-refractivity contribution in [1.29, 1.82) is 0 Å². The normalized spacial score (nSPS) is 24.9. The van der Waals surface area contributed by atoms with Gasteiger partial charge in [-0.25, -0.2) is 23.2 Å². The van der Waals surface area contributed by atoms with Crippen molar-refractivity contribution in [3.05, 3.63) is 70.8 Å². The summed E-state index contributed by atoms with van der Waals surface area (Å²) in [6.45, 7) is 5.03. The highest BCUT2D eigenvalue weighted by Crippen LogP contribution is 2.53. The van der Waals surface area contributed by atoms with E-state index in [9.17, 15) is 33.4 Å². The minimum absolute atomic E-state index is 0.0623. The fourth-order valence-electron chi connectivity index (χ4n) is 4.80. The second-order valence-electron chi connectivity index (χ2n) is 9.81. The molecule has 0 bridgehead atoms. The van der Waals surface area contributed by atoms with Gasteiger partial charge in [0.25, 0.3) is 6.43 Å². The maximum Gasteiger partial charge on any atom is 0.413 e. The van der Waals surface area contributed by atoms with Gasteiger partial charge in [0.1, 0.15) is 17.1 Å². The van der Waals surface area contributed by atoms with Crippen molar-refractivity contribution in [2.24, 2.45) is 4.99 Å².